The van der Waals surface area contributed by atoms with Crippen LogP contribution in [0.15, 0.2) is 44.2 Å². The molecule has 1 unspecified atom stereocenters. The summed E-state index contributed by atoms with van der Waals surface area (Å²) in [7, 11) is 2.00. The summed E-state index contributed by atoms with van der Waals surface area (Å²) in [6.07, 6.45) is 1.67. The highest BCUT2D eigenvalue weighted by atomic mass is 15.2. The summed E-state index contributed by atoms with van der Waals surface area (Å²) in [5.74, 6) is 0.568. The number of nitrogens with two attached hydrogens (primary N) is 1. The molecule has 0 spiro atoms. The van der Waals surface area contributed by atoms with Crippen LogP contribution < -0.4 is 10.6 Å². The molecule has 22 heavy (non-hydrogen) atoms. The van der Waals surface area contributed by atoms with Gasteiger partial charge in [0, 0.05) is 12.7 Å². The van der Waals surface area contributed by atoms with E-state index < -0.39 is 6.04 Å². The Hall–Kier alpha value is -2.83. The molecule has 0 aliphatic carbocycles. The summed E-state index contributed by atoms with van der Waals surface area (Å²) < 4.78 is 0. The normalized spacial score (nSPS) is 20.0. The van der Waals surface area contributed by atoms with E-state index in [1.807, 2.05) is 7.05 Å². The molecule has 0 fully saturated rings. The van der Waals surface area contributed by atoms with Crippen molar-refractivity contribution in [3.05, 3.63) is 29.8 Å². The lowest BCUT2D eigenvalue weighted by Crippen LogP contribution is -2.42. The highest BCUT2D eigenvalue weighted by Crippen LogP contribution is 2.14. The minimum atomic E-state index is -0.472. The standard InChI is InChI=1S/C15H17N7/c1-9-3-5-11(6-4-9)22(2)8-10-7-18-14-12(19-10)13(16)20-15(17)21-14/h3-7,12H,8H2,1-2H3,(H3,16,17,20). The third-order valence-corrected chi connectivity index (χ3v) is 3.49. The SMILES string of the molecule is Cc1ccc(N(C)CC2=NC3C(N)=NC(=N)N=C3N=C2)cc1. The lowest BCUT2D eigenvalue weighted by atomic mass is 10.2. The predicted molar refractivity (Wildman–Crippen MR) is 90.9 cm³/mol. The summed E-state index contributed by atoms with van der Waals surface area (Å²) in [5.41, 5.74) is 8.97. The van der Waals surface area contributed by atoms with Crippen LogP contribution in [-0.2, 0) is 0 Å². The molecule has 7 nitrogen and oxygen atoms in total. The smallest absolute Gasteiger partial charge is 0.245 e. The lowest BCUT2D eigenvalue weighted by molar-refractivity contribution is 1.02. The van der Waals surface area contributed by atoms with Gasteiger partial charge in [-0.15, -0.1) is 0 Å². The molecular formula is C15H17N7. The van der Waals surface area contributed by atoms with Crippen molar-refractivity contribution in [1.29, 1.82) is 5.41 Å². The average Bonchev–Trinajstić information content (AvgIpc) is 2.48. The van der Waals surface area contributed by atoms with Crippen LogP contribution in [0.5, 0.6) is 0 Å². The summed E-state index contributed by atoms with van der Waals surface area (Å²) >= 11 is 0. The fourth-order valence-corrected chi connectivity index (χ4v) is 2.29. The number of aliphatic imine (C=N–C) groups is 4. The summed E-state index contributed by atoms with van der Waals surface area (Å²) in [6, 6.07) is 7.82. The number of anilines is 1. The van der Waals surface area contributed by atoms with E-state index in [1.54, 1.807) is 6.21 Å². The zero-order valence-electron chi connectivity index (χ0n) is 12.5. The summed E-state index contributed by atoms with van der Waals surface area (Å²) in [4.78, 5) is 18.7. The van der Waals surface area contributed by atoms with Gasteiger partial charge in [-0.1, -0.05) is 17.7 Å². The van der Waals surface area contributed by atoms with E-state index in [0.717, 1.165) is 11.4 Å². The molecule has 7 heteroatoms. The van der Waals surface area contributed by atoms with Gasteiger partial charge in [-0.2, -0.15) is 9.98 Å². The first-order valence-electron chi connectivity index (χ1n) is 6.92. The van der Waals surface area contributed by atoms with Crippen molar-refractivity contribution in [2.75, 3.05) is 18.5 Å². The topological polar surface area (TPSA) is 103 Å². The average molecular weight is 295 g/mol. The van der Waals surface area contributed by atoms with E-state index in [4.69, 9.17) is 11.1 Å². The van der Waals surface area contributed by atoms with Crippen LogP contribution >= 0.6 is 0 Å². The maximum Gasteiger partial charge on any atom is 0.245 e. The molecule has 0 saturated carbocycles. The third-order valence-electron chi connectivity index (χ3n) is 3.49. The number of nitrogens with zero attached hydrogens (tertiary/aromatic N) is 5. The second-order valence-corrected chi connectivity index (χ2v) is 5.30. The quantitative estimate of drug-likeness (QED) is 0.869. The Kier molecular flexibility index (Phi) is 3.54. The molecular weight excluding hydrogens is 278 g/mol. The van der Waals surface area contributed by atoms with E-state index >= 15 is 0 Å². The van der Waals surface area contributed by atoms with Gasteiger partial charge in [0.15, 0.2) is 11.9 Å². The minimum absolute atomic E-state index is 0.128. The van der Waals surface area contributed by atoms with Crippen LogP contribution in [0.2, 0.25) is 0 Å². The molecule has 1 aromatic carbocycles. The lowest BCUT2D eigenvalue weighted by Gasteiger charge is -2.23. The van der Waals surface area contributed by atoms with Gasteiger partial charge in [-0.05, 0) is 19.1 Å². The second kappa shape index (κ2) is 5.51. The van der Waals surface area contributed by atoms with Crippen molar-refractivity contribution in [2.45, 2.75) is 13.0 Å². The number of hydrogen-bond acceptors (Lipinski definition) is 5. The number of hydrogen-bond donors (Lipinski definition) is 2. The molecule has 1 atom stereocenters. The molecule has 1 aromatic rings. The number of benzene rings is 1. The Labute approximate surface area is 128 Å². The van der Waals surface area contributed by atoms with Crippen molar-refractivity contribution >= 4 is 35.2 Å². The second-order valence-electron chi connectivity index (χ2n) is 5.30. The molecule has 112 valence electrons. The van der Waals surface area contributed by atoms with E-state index in [0.29, 0.717) is 12.4 Å². The molecule has 3 rings (SSSR count). The van der Waals surface area contributed by atoms with Crippen LogP contribution in [-0.4, -0.2) is 49.2 Å². The number of rotatable bonds is 3. The Balaban J connectivity index is 1.77. The van der Waals surface area contributed by atoms with E-state index in [9.17, 15) is 0 Å². The van der Waals surface area contributed by atoms with Gasteiger partial charge in [-0.3, -0.25) is 10.4 Å². The molecule has 0 radical (unpaired) electrons. The molecule has 0 bridgehead atoms. The van der Waals surface area contributed by atoms with Gasteiger partial charge in [-0.25, -0.2) is 4.99 Å². The zero-order valence-corrected chi connectivity index (χ0v) is 12.5. The Morgan fingerprint density at radius 3 is 2.68 bits per heavy atom. The van der Waals surface area contributed by atoms with Crippen LogP contribution in [0.25, 0.3) is 0 Å². The fraction of sp³-hybridized carbons (Fsp3) is 0.267. The van der Waals surface area contributed by atoms with Gasteiger partial charge in [0.2, 0.25) is 5.96 Å². The maximum atomic E-state index is 7.45. The number of nitrogens with one attached hydrogen (secondary N) is 1. The monoisotopic (exact) mass is 295 g/mol. The van der Waals surface area contributed by atoms with Crippen LogP contribution in [0.3, 0.4) is 0 Å². The van der Waals surface area contributed by atoms with Crippen LogP contribution in [0, 0.1) is 12.3 Å². The number of amidine groups is 2. The maximum absolute atomic E-state index is 7.45. The Bertz CT molecular complexity index is 725. The molecule has 2 heterocycles. The van der Waals surface area contributed by atoms with Crippen LogP contribution in [0.1, 0.15) is 5.56 Å². The predicted octanol–water partition coefficient (Wildman–Crippen LogP) is 1.03. The van der Waals surface area contributed by atoms with E-state index in [2.05, 4.69) is 56.1 Å². The highest BCUT2D eigenvalue weighted by molar-refractivity contribution is 6.38. The molecule has 0 amide bonds. The number of aryl methyl sites for hydroxylation is 1. The van der Waals surface area contributed by atoms with E-state index in [1.165, 1.54) is 5.56 Å². The fourth-order valence-electron chi connectivity index (χ4n) is 2.29. The summed E-state index contributed by atoms with van der Waals surface area (Å²) in [5, 5.41) is 7.45. The number of fused-ring (bicyclic) bond motifs is 1. The van der Waals surface area contributed by atoms with Gasteiger partial charge in [0.05, 0.1) is 18.5 Å². The molecule has 2 aliphatic heterocycles. The first-order chi connectivity index (χ1) is 10.5. The Morgan fingerprint density at radius 2 is 1.95 bits per heavy atom. The van der Waals surface area contributed by atoms with Crippen molar-refractivity contribution in [2.24, 2.45) is 25.7 Å². The van der Waals surface area contributed by atoms with Crippen molar-refractivity contribution in [1.82, 2.24) is 0 Å². The first kappa shape index (κ1) is 14.1. The molecule has 0 saturated heterocycles. The first-order valence-corrected chi connectivity index (χ1v) is 6.92. The van der Waals surface area contributed by atoms with Crippen LogP contribution in [0.4, 0.5) is 5.69 Å². The minimum Gasteiger partial charge on any atom is -0.385 e. The largest absolute Gasteiger partial charge is 0.385 e. The van der Waals surface area contributed by atoms with Crippen molar-refractivity contribution in [3.8, 4) is 0 Å². The van der Waals surface area contributed by atoms with Gasteiger partial charge in [0.1, 0.15) is 5.84 Å². The van der Waals surface area contributed by atoms with Gasteiger partial charge < -0.3 is 10.6 Å². The van der Waals surface area contributed by atoms with Gasteiger partial charge in [0.25, 0.3) is 0 Å². The molecule has 2 aliphatic rings. The van der Waals surface area contributed by atoms with Crippen molar-refractivity contribution < 1.29 is 0 Å². The molecule has 3 N–H and O–H groups in total. The van der Waals surface area contributed by atoms with Gasteiger partial charge >= 0.3 is 0 Å². The summed E-state index contributed by atoms with van der Waals surface area (Å²) in [6.45, 7) is 2.67. The third kappa shape index (κ3) is 2.78. The Morgan fingerprint density at radius 1 is 1.23 bits per heavy atom. The number of guanidine groups is 1. The highest BCUT2D eigenvalue weighted by Gasteiger charge is 2.27. The zero-order chi connectivity index (χ0) is 15.7. The van der Waals surface area contributed by atoms with Crippen molar-refractivity contribution in [3.63, 3.8) is 0 Å². The van der Waals surface area contributed by atoms with E-state index in [-0.39, 0.29) is 11.8 Å². The molecule has 0 aromatic heterocycles.